The summed E-state index contributed by atoms with van der Waals surface area (Å²) in [5.41, 5.74) is 2.05. The van der Waals surface area contributed by atoms with E-state index in [1.165, 1.54) is 24.0 Å². The molecule has 1 aliphatic rings. The fourth-order valence-electron chi connectivity index (χ4n) is 2.67. The molecule has 3 rings (SSSR count). The van der Waals surface area contributed by atoms with Crippen LogP contribution in [0.25, 0.3) is 0 Å². The number of amides is 3. The van der Waals surface area contributed by atoms with Crippen molar-refractivity contribution in [1.29, 1.82) is 0 Å². The van der Waals surface area contributed by atoms with Crippen LogP contribution < -0.4 is 10.2 Å². The van der Waals surface area contributed by atoms with E-state index in [0.29, 0.717) is 22.7 Å². The van der Waals surface area contributed by atoms with Crippen molar-refractivity contribution in [1.82, 2.24) is 14.9 Å². The predicted octanol–water partition coefficient (Wildman–Crippen LogP) is 1.41. The second-order valence-electron chi connectivity index (χ2n) is 5.90. The number of benzene rings is 1. The highest BCUT2D eigenvalue weighted by atomic mass is 16.4. The highest BCUT2D eigenvalue weighted by molar-refractivity contribution is 6.21. The van der Waals surface area contributed by atoms with Crippen molar-refractivity contribution in [3.8, 4) is 0 Å². The smallest absolute Gasteiger partial charge is 0.329 e. The highest BCUT2D eigenvalue weighted by Gasteiger charge is 2.39. The lowest BCUT2D eigenvalue weighted by molar-refractivity contribution is -0.118. The minimum Gasteiger partial charge on any atom is -0.411 e. The van der Waals surface area contributed by atoms with E-state index in [2.05, 4.69) is 15.5 Å². The lowest BCUT2D eigenvalue weighted by Crippen LogP contribution is -2.32. The number of imidazole rings is 1. The van der Waals surface area contributed by atoms with Gasteiger partial charge in [-0.25, -0.2) is 14.7 Å². The average Bonchev–Trinajstić information content (AvgIpc) is 3.20. The third kappa shape index (κ3) is 3.18. The summed E-state index contributed by atoms with van der Waals surface area (Å²) in [5, 5.41) is 14.5. The quantitative estimate of drug-likeness (QED) is 0.372. The molecule has 0 saturated carbocycles. The number of rotatable bonds is 4. The maximum Gasteiger partial charge on any atom is 0.329 e. The first-order valence-electron chi connectivity index (χ1n) is 7.88. The van der Waals surface area contributed by atoms with Gasteiger partial charge >= 0.3 is 6.03 Å². The van der Waals surface area contributed by atoms with E-state index >= 15 is 0 Å². The lowest BCUT2D eigenvalue weighted by Gasteiger charge is -2.13. The van der Waals surface area contributed by atoms with Gasteiger partial charge in [-0.2, -0.15) is 0 Å². The van der Waals surface area contributed by atoms with Crippen molar-refractivity contribution in [2.24, 2.45) is 5.16 Å². The zero-order valence-electron chi connectivity index (χ0n) is 14.2. The Hall–Kier alpha value is -3.49. The lowest BCUT2D eigenvalue weighted by atomic mass is 10.1. The molecule has 1 aromatic carbocycles. The van der Waals surface area contributed by atoms with E-state index in [1.807, 2.05) is 0 Å². The van der Waals surface area contributed by atoms with Gasteiger partial charge in [-0.3, -0.25) is 14.2 Å². The van der Waals surface area contributed by atoms with E-state index in [9.17, 15) is 14.4 Å². The summed E-state index contributed by atoms with van der Waals surface area (Å²) in [6.07, 6.45) is 3.10. The third-order valence-electron chi connectivity index (χ3n) is 4.13. The van der Waals surface area contributed by atoms with Crippen LogP contribution in [0.1, 0.15) is 29.9 Å². The Morgan fingerprint density at radius 2 is 1.96 bits per heavy atom. The number of carbonyl (C=O) groups is 3. The number of imide groups is 1. The van der Waals surface area contributed by atoms with E-state index < -0.39 is 18.0 Å². The van der Waals surface area contributed by atoms with E-state index in [0.717, 1.165) is 4.90 Å². The van der Waals surface area contributed by atoms with Crippen LogP contribution in [0.5, 0.6) is 0 Å². The largest absolute Gasteiger partial charge is 0.411 e. The topological polar surface area (TPSA) is 117 Å². The summed E-state index contributed by atoms with van der Waals surface area (Å²) in [6, 6.07) is 5.26. The normalized spacial score (nSPS) is 17.5. The molecule has 2 aromatic rings. The first-order chi connectivity index (χ1) is 12.4. The van der Waals surface area contributed by atoms with Gasteiger partial charge in [-0.15, -0.1) is 0 Å². The van der Waals surface area contributed by atoms with Crippen molar-refractivity contribution < 1.29 is 19.6 Å². The molecule has 2 heterocycles. The maximum absolute atomic E-state index is 12.6. The molecule has 9 heteroatoms. The fraction of sp³-hybridized carbons (Fsp3) is 0.235. The number of carbonyl (C=O) groups excluding carboxylic acids is 3. The van der Waals surface area contributed by atoms with Crippen LogP contribution in [-0.2, 0) is 11.2 Å². The average molecular weight is 355 g/mol. The van der Waals surface area contributed by atoms with Crippen molar-refractivity contribution in [2.45, 2.75) is 26.3 Å². The van der Waals surface area contributed by atoms with Crippen LogP contribution in [-0.4, -0.2) is 44.4 Å². The zero-order valence-corrected chi connectivity index (χ0v) is 14.2. The predicted molar refractivity (Wildman–Crippen MR) is 92.5 cm³/mol. The molecule has 3 amide bonds. The Morgan fingerprint density at radius 3 is 2.54 bits per heavy atom. The summed E-state index contributed by atoms with van der Waals surface area (Å²) >= 11 is 0. The summed E-state index contributed by atoms with van der Waals surface area (Å²) in [5.74, 6) is -0.582. The Balaban J connectivity index is 1.77. The number of urea groups is 1. The summed E-state index contributed by atoms with van der Waals surface area (Å²) in [4.78, 5) is 41.3. The molecule has 1 aromatic heterocycles. The van der Waals surface area contributed by atoms with Crippen LogP contribution in [0.4, 0.5) is 10.5 Å². The van der Waals surface area contributed by atoms with Gasteiger partial charge in [0.05, 0.1) is 17.1 Å². The number of hydrogen-bond donors (Lipinski definition) is 2. The zero-order chi connectivity index (χ0) is 18.8. The minimum atomic E-state index is -0.752. The Bertz CT molecular complexity index is 900. The van der Waals surface area contributed by atoms with Crippen molar-refractivity contribution in [2.75, 3.05) is 4.90 Å². The molecule has 0 spiro atoms. The number of anilines is 1. The first-order valence-corrected chi connectivity index (χ1v) is 7.88. The highest BCUT2D eigenvalue weighted by Crippen LogP contribution is 2.21. The molecule has 9 nitrogen and oxygen atoms in total. The first kappa shape index (κ1) is 17.3. The fourth-order valence-corrected chi connectivity index (χ4v) is 2.67. The standard InChI is InChI=1S/C17H17N5O4/c1-10(20-26)12-3-5-14(6-4-12)22-16(24)15(19-17(22)25)7-13-8-21(9-18-13)11(2)23/h3-6,8-9,15,26H,7H2,1-2H3,(H,19,25). The molecule has 1 unspecified atom stereocenters. The number of nitrogens with one attached hydrogen (secondary N) is 1. The maximum atomic E-state index is 12.6. The van der Waals surface area contributed by atoms with Crippen molar-refractivity contribution in [3.63, 3.8) is 0 Å². The molecule has 1 fully saturated rings. The van der Waals surface area contributed by atoms with Gasteiger partial charge in [0.25, 0.3) is 5.91 Å². The van der Waals surface area contributed by atoms with Crippen LogP contribution in [0.3, 0.4) is 0 Å². The van der Waals surface area contributed by atoms with Gasteiger partial charge in [0, 0.05) is 19.5 Å². The van der Waals surface area contributed by atoms with Crippen molar-refractivity contribution >= 4 is 29.2 Å². The summed E-state index contributed by atoms with van der Waals surface area (Å²) < 4.78 is 1.32. The monoisotopic (exact) mass is 355 g/mol. The van der Waals surface area contributed by atoms with Gasteiger partial charge in [-0.1, -0.05) is 17.3 Å². The van der Waals surface area contributed by atoms with Crippen LogP contribution in [0, 0.1) is 0 Å². The molecule has 26 heavy (non-hydrogen) atoms. The number of hydrogen-bond acceptors (Lipinski definition) is 6. The molecule has 134 valence electrons. The van der Waals surface area contributed by atoms with Gasteiger partial charge in [0.2, 0.25) is 5.91 Å². The molecule has 0 bridgehead atoms. The Morgan fingerprint density at radius 1 is 1.27 bits per heavy atom. The SMILES string of the molecule is CC(=O)n1cnc(CC2NC(=O)N(c3ccc(C(C)=NO)cc3)C2=O)c1. The van der Waals surface area contributed by atoms with Crippen LogP contribution in [0.2, 0.25) is 0 Å². The number of aromatic nitrogens is 2. The molecule has 0 aliphatic carbocycles. The van der Waals surface area contributed by atoms with Gasteiger partial charge in [0.1, 0.15) is 12.4 Å². The second-order valence-corrected chi connectivity index (χ2v) is 5.90. The Labute approximate surface area is 148 Å². The molecule has 1 atom stereocenters. The van der Waals surface area contributed by atoms with Crippen LogP contribution >= 0.6 is 0 Å². The van der Waals surface area contributed by atoms with Crippen molar-refractivity contribution in [3.05, 3.63) is 48.0 Å². The molecule has 1 aliphatic heterocycles. The summed E-state index contributed by atoms with van der Waals surface area (Å²) in [7, 11) is 0. The molecular formula is C17H17N5O4. The van der Waals surface area contributed by atoms with E-state index in [4.69, 9.17) is 5.21 Å². The van der Waals surface area contributed by atoms with Crippen LogP contribution in [0.15, 0.2) is 41.9 Å². The number of oxime groups is 1. The second kappa shape index (κ2) is 6.79. The third-order valence-corrected chi connectivity index (χ3v) is 4.13. The molecular weight excluding hydrogens is 338 g/mol. The van der Waals surface area contributed by atoms with Gasteiger partial charge in [-0.05, 0) is 24.6 Å². The molecule has 1 saturated heterocycles. The Kier molecular flexibility index (Phi) is 4.53. The molecule has 2 N–H and O–H groups in total. The molecule has 0 radical (unpaired) electrons. The minimum absolute atomic E-state index is 0.186. The van der Waals surface area contributed by atoms with E-state index in [1.54, 1.807) is 31.2 Å². The summed E-state index contributed by atoms with van der Waals surface area (Å²) in [6.45, 7) is 3.04. The van der Waals surface area contributed by atoms with Gasteiger partial charge in [0.15, 0.2) is 0 Å². The number of nitrogens with zero attached hydrogens (tertiary/aromatic N) is 4. The van der Waals surface area contributed by atoms with Gasteiger partial charge < -0.3 is 10.5 Å². The van der Waals surface area contributed by atoms with E-state index in [-0.39, 0.29) is 12.3 Å².